The molecule has 0 saturated carbocycles. The highest BCUT2D eigenvalue weighted by atomic mass is 19.3. The average Bonchev–Trinajstić information content (AvgIpc) is 2.26. The Bertz CT molecular complexity index is 198. The van der Waals surface area contributed by atoms with Crippen molar-refractivity contribution in [2.45, 2.75) is 31.7 Å². The number of rotatable bonds is 2. The molecule has 0 bridgehead atoms. The molecule has 0 spiro atoms. The zero-order valence-electron chi connectivity index (χ0n) is 7.06. The molecule has 0 aliphatic carbocycles. The molecule has 12 heavy (non-hydrogen) atoms. The van der Waals surface area contributed by atoms with Crippen LogP contribution in [0.4, 0.5) is 8.78 Å². The Morgan fingerprint density at radius 3 is 2.83 bits per heavy atom. The molecule has 1 fully saturated rings. The molecule has 0 aromatic carbocycles. The maximum absolute atomic E-state index is 12.8. The predicted molar refractivity (Wildman–Crippen MR) is 40.8 cm³/mol. The van der Waals surface area contributed by atoms with Crippen molar-refractivity contribution in [3.05, 3.63) is 0 Å². The summed E-state index contributed by atoms with van der Waals surface area (Å²) in [6, 6.07) is 1.32. The first-order chi connectivity index (χ1) is 5.59. The molecule has 68 valence electrons. The van der Waals surface area contributed by atoms with Crippen molar-refractivity contribution >= 4 is 0 Å². The van der Waals surface area contributed by atoms with Gasteiger partial charge >= 0.3 is 0 Å². The van der Waals surface area contributed by atoms with Crippen LogP contribution >= 0.6 is 0 Å². The third-order valence-corrected chi connectivity index (χ3v) is 2.03. The molecule has 0 N–H and O–H groups in total. The highest BCUT2D eigenvalue weighted by Gasteiger charge is 2.44. The summed E-state index contributed by atoms with van der Waals surface area (Å²) >= 11 is 0. The fourth-order valence-corrected chi connectivity index (χ4v) is 1.53. The molecular weight excluding hydrogens is 162 g/mol. The van der Waals surface area contributed by atoms with Gasteiger partial charge in [0.25, 0.3) is 5.92 Å². The van der Waals surface area contributed by atoms with Gasteiger partial charge in [-0.15, -0.1) is 0 Å². The van der Waals surface area contributed by atoms with Crippen LogP contribution in [-0.2, 0) is 0 Å². The summed E-state index contributed by atoms with van der Waals surface area (Å²) in [6.45, 7) is 2.26. The molecule has 1 atom stereocenters. The van der Waals surface area contributed by atoms with Crippen molar-refractivity contribution in [3.63, 3.8) is 0 Å². The number of hydrogen-bond donors (Lipinski definition) is 0. The van der Waals surface area contributed by atoms with Gasteiger partial charge < -0.3 is 0 Å². The third kappa shape index (κ3) is 1.92. The number of nitriles is 1. The van der Waals surface area contributed by atoms with Crippen LogP contribution in [0, 0.1) is 11.3 Å². The van der Waals surface area contributed by atoms with Crippen LogP contribution in [0.2, 0.25) is 0 Å². The molecule has 0 amide bonds. The quantitative estimate of drug-likeness (QED) is 0.636. The number of nitrogens with zero attached hydrogens (tertiary/aromatic N) is 2. The van der Waals surface area contributed by atoms with E-state index in [-0.39, 0.29) is 13.0 Å². The minimum absolute atomic E-state index is 0.251. The van der Waals surface area contributed by atoms with Crippen LogP contribution in [0.5, 0.6) is 0 Å². The van der Waals surface area contributed by atoms with Crippen LogP contribution in [0.3, 0.4) is 0 Å². The normalized spacial score (nSPS) is 28.7. The SMILES string of the molecule is CCCN1CC(F)(F)C[C@H]1C#N. The van der Waals surface area contributed by atoms with Gasteiger partial charge in [-0.05, 0) is 13.0 Å². The molecule has 0 radical (unpaired) electrons. The standard InChI is InChI=1S/C8H12F2N2/c1-2-3-12-6-8(9,10)4-7(12)5-11/h7H,2-4,6H2,1H3/t7-/m0/s1. The molecule has 1 aliphatic heterocycles. The molecule has 1 rings (SSSR count). The second-order valence-corrected chi connectivity index (χ2v) is 3.18. The monoisotopic (exact) mass is 174 g/mol. The van der Waals surface area contributed by atoms with Gasteiger partial charge in [0.05, 0.1) is 12.6 Å². The Balaban J connectivity index is 2.58. The molecule has 0 aromatic heterocycles. The minimum Gasteiger partial charge on any atom is -0.282 e. The summed E-state index contributed by atoms with van der Waals surface area (Å²) in [7, 11) is 0. The van der Waals surface area contributed by atoms with Gasteiger partial charge in [-0.3, -0.25) is 4.90 Å². The fourth-order valence-electron chi connectivity index (χ4n) is 1.53. The average molecular weight is 174 g/mol. The lowest BCUT2D eigenvalue weighted by Gasteiger charge is -2.16. The smallest absolute Gasteiger partial charge is 0.263 e. The lowest BCUT2D eigenvalue weighted by molar-refractivity contribution is 0.0121. The highest BCUT2D eigenvalue weighted by molar-refractivity contribution is 5.01. The van der Waals surface area contributed by atoms with Crippen LogP contribution in [-0.4, -0.2) is 30.0 Å². The molecule has 1 heterocycles. The van der Waals surface area contributed by atoms with Gasteiger partial charge in [0.1, 0.15) is 6.04 Å². The van der Waals surface area contributed by atoms with Gasteiger partial charge in [-0.2, -0.15) is 5.26 Å². The first-order valence-electron chi connectivity index (χ1n) is 4.10. The maximum Gasteiger partial charge on any atom is 0.263 e. The van der Waals surface area contributed by atoms with Gasteiger partial charge in [0.2, 0.25) is 0 Å². The van der Waals surface area contributed by atoms with E-state index in [0.717, 1.165) is 6.42 Å². The Kier molecular flexibility index (Phi) is 2.63. The Hall–Kier alpha value is -0.690. The summed E-state index contributed by atoms with van der Waals surface area (Å²) in [6.07, 6.45) is 0.512. The van der Waals surface area contributed by atoms with Crippen molar-refractivity contribution < 1.29 is 8.78 Å². The molecule has 4 heteroatoms. The van der Waals surface area contributed by atoms with E-state index in [9.17, 15) is 8.78 Å². The van der Waals surface area contributed by atoms with E-state index in [0.29, 0.717) is 6.54 Å². The number of hydrogen-bond acceptors (Lipinski definition) is 2. The van der Waals surface area contributed by atoms with Crippen molar-refractivity contribution in [1.29, 1.82) is 5.26 Å². The minimum atomic E-state index is -2.66. The topological polar surface area (TPSA) is 27.0 Å². The first kappa shape index (κ1) is 9.40. The molecule has 1 aliphatic rings. The Morgan fingerprint density at radius 2 is 2.33 bits per heavy atom. The van der Waals surface area contributed by atoms with Gasteiger partial charge in [0.15, 0.2) is 0 Å². The van der Waals surface area contributed by atoms with Gasteiger partial charge in [-0.1, -0.05) is 6.92 Å². The van der Waals surface area contributed by atoms with Crippen molar-refractivity contribution in [2.24, 2.45) is 0 Å². The van der Waals surface area contributed by atoms with E-state index in [1.54, 1.807) is 4.90 Å². The summed E-state index contributed by atoms with van der Waals surface area (Å²) in [5.74, 6) is -2.66. The lowest BCUT2D eigenvalue weighted by Crippen LogP contribution is -2.30. The largest absolute Gasteiger partial charge is 0.282 e. The summed E-state index contributed by atoms with van der Waals surface area (Å²) in [5, 5.41) is 8.57. The number of alkyl halides is 2. The van der Waals surface area contributed by atoms with Gasteiger partial charge in [0, 0.05) is 6.42 Å². The zero-order chi connectivity index (χ0) is 9.19. The van der Waals surface area contributed by atoms with Crippen molar-refractivity contribution in [3.8, 4) is 6.07 Å². The number of halogens is 2. The van der Waals surface area contributed by atoms with Crippen molar-refractivity contribution in [2.75, 3.05) is 13.1 Å². The molecule has 1 saturated heterocycles. The summed E-state index contributed by atoms with van der Waals surface area (Å²) in [4.78, 5) is 1.56. The second-order valence-electron chi connectivity index (χ2n) is 3.18. The molecular formula is C8H12F2N2. The fraction of sp³-hybridized carbons (Fsp3) is 0.875. The van der Waals surface area contributed by atoms with Crippen LogP contribution in [0.25, 0.3) is 0 Å². The molecule has 2 nitrogen and oxygen atoms in total. The number of likely N-dealkylation sites (tertiary alicyclic amines) is 1. The van der Waals surface area contributed by atoms with E-state index in [1.165, 1.54) is 0 Å². The van der Waals surface area contributed by atoms with E-state index in [4.69, 9.17) is 5.26 Å². The molecule has 0 unspecified atom stereocenters. The third-order valence-electron chi connectivity index (χ3n) is 2.03. The molecule has 0 aromatic rings. The maximum atomic E-state index is 12.8. The Morgan fingerprint density at radius 1 is 1.67 bits per heavy atom. The van der Waals surface area contributed by atoms with Crippen LogP contribution in [0.15, 0.2) is 0 Å². The van der Waals surface area contributed by atoms with Gasteiger partial charge in [-0.25, -0.2) is 8.78 Å². The van der Waals surface area contributed by atoms with E-state index < -0.39 is 12.0 Å². The second kappa shape index (κ2) is 3.36. The van der Waals surface area contributed by atoms with Crippen LogP contribution in [0.1, 0.15) is 19.8 Å². The highest BCUT2D eigenvalue weighted by Crippen LogP contribution is 2.31. The summed E-state index contributed by atoms with van der Waals surface area (Å²) in [5.41, 5.74) is 0. The Labute approximate surface area is 70.8 Å². The first-order valence-corrected chi connectivity index (χ1v) is 4.10. The van der Waals surface area contributed by atoms with E-state index in [1.807, 2.05) is 13.0 Å². The summed E-state index contributed by atoms with van der Waals surface area (Å²) < 4.78 is 25.5. The van der Waals surface area contributed by atoms with Crippen molar-refractivity contribution in [1.82, 2.24) is 4.90 Å². The lowest BCUT2D eigenvalue weighted by atomic mass is 10.2. The van der Waals surface area contributed by atoms with E-state index in [2.05, 4.69) is 0 Å². The zero-order valence-corrected chi connectivity index (χ0v) is 7.06. The van der Waals surface area contributed by atoms with E-state index >= 15 is 0 Å². The predicted octanol–water partition coefficient (Wildman–Crippen LogP) is 1.63. The van der Waals surface area contributed by atoms with Crippen LogP contribution < -0.4 is 0 Å².